The third kappa shape index (κ3) is 1.96. The molecule has 2 unspecified atom stereocenters. The van der Waals surface area contributed by atoms with Crippen molar-refractivity contribution in [3.05, 3.63) is 42.5 Å². The summed E-state index contributed by atoms with van der Waals surface area (Å²) in [7, 11) is 0. The zero-order valence-electron chi connectivity index (χ0n) is 12.7. The van der Waals surface area contributed by atoms with Crippen LogP contribution in [0.15, 0.2) is 36.8 Å². The molecular weight excluding hydrogens is 310 g/mol. The quantitative estimate of drug-likeness (QED) is 0.554. The molecule has 1 saturated heterocycles. The van der Waals surface area contributed by atoms with Gasteiger partial charge in [-0.1, -0.05) is 0 Å². The molecular formula is C16H13N5O3. The van der Waals surface area contributed by atoms with Gasteiger partial charge >= 0.3 is 0 Å². The number of fused-ring (bicyclic) bond motifs is 1. The van der Waals surface area contributed by atoms with Crippen molar-refractivity contribution >= 4 is 34.2 Å². The van der Waals surface area contributed by atoms with Gasteiger partial charge in [-0.15, -0.1) is 0 Å². The van der Waals surface area contributed by atoms with Gasteiger partial charge < -0.3 is 4.98 Å². The minimum absolute atomic E-state index is 0.349. The molecule has 0 bridgehead atoms. The number of nitrogens with zero attached hydrogens (tertiary/aromatic N) is 3. The molecule has 2 N–H and O–H groups in total. The van der Waals surface area contributed by atoms with Gasteiger partial charge in [-0.25, -0.2) is 4.98 Å². The van der Waals surface area contributed by atoms with Crippen molar-refractivity contribution in [2.24, 2.45) is 5.92 Å². The lowest BCUT2D eigenvalue weighted by Crippen LogP contribution is -2.30. The lowest BCUT2D eigenvalue weighted by atomic mass is 9.93. The summed E-state index contributed by atoms with van der Waals surface area (Å²) in [6.45, 7) is 1.32. The van der Waals surface area contributed by atoms with Crippen LogP contribution in [0.5, 0.6) is 0 Å². The number of carbonyl (C=O) groups is 3. The van der Waals surface area contributed by atoms with Crippen LogP contribution in [0, 0.1) is 5.92 Å². The molecule has 4 rings (SSSR count). The van der Waals surface area contributed by atoms with Crippen molar-refractivity contribution in [1.82, 2.24) is 20.2 Å². The maximum atomic E-state index is 12.6. The monoisotopic (exact) mass is 323 g/mol. The number of benzene rings is 1. The number of rotatable bonds is 3. The molecule has 0 spiro atoms. The molecule has 0 radical (unpaired) electrons. The van der Waals surface area contributed by atoms with Crippen LogP contribution in [-0.2, 0) is 14.4 Å². The molecule has 8 nitrogen and oxygen atoms in total. The van der Waals surface area contributed by atoms with E-state index in [1.165, 1.54) is 18.0 Å². The number of anilines is 1. The first-order valence-electron chi connectivity index (χ1n) is 7.38. The van der Waals surface area contributed by atoms with E-state index in [1.54, 1.807) is 30.6 Å². The van der Waals surface area contributed by atoms with Gasteiger partial charge in [0.25, 0.3) is 5.91 Å². The van der Waals surface area contributed by atoms with Crippen molar-refractivity contribution in [3.63, 3.8) is 0 Å². The predicted molar refractivity (Wildman–Crippen MR) is 84.1 cm³/mol. The minimum Gasteiger partial charge on any atom is -0.345 e. The minimum atomic E-state index is -1.05. The van der Waals surface area contributed by atoms with Gasteiger partial charge in [0.1, 0.15) is 11.7 Å². The molecule has 1 aliphatic heterocycles. The van der Waals surface area contributed by atoms with Crippen LogP contribution in [0.3, 0.4) is 0 Å². The SMILES string of the molecule is CC(=O)C1C(=O)C(=O)N(c2ccc3nc[nH]c3c2)C1c1ccn[nH]1. The molecule has 1 aliphatic rings. The first-order chi connectivity index (χ1) is 11.6. The van der Waals surface area contributed by atoms with Crippen LogP contribution in [0.4, 0.5) is 5.69 Å². The van der Waals surface area contributed by atoms with Crippen molar-refractivity contribution in [3.8, 4) is 0 Å². The van der Waals surface area contributed by atoms with E-state index in [4.69, 9.17) is 0 Å². The molecule has 120 valence electrons. The lowest BCUT2D eigenvalue weighted by molar-refractivity contribution is -0.138. The molecule has 3 aromatic rings. The van der Waals surface area contributed by atoms with Crippen LogP contribution >= 0.6 is 0 Å². The van der Waals surface area contributed by atoms with Crippen LogP contribution < -0.4 is 4.90 Å². The molecule has 0 saturated carbocycles. The van der Waals surface area contributed by atoms with E-state index in [2.05, 4.69) is 20.2 Å². The zero-order valence-corrected chi connectivity index (χ0v) is 12.7. The highest BCUT2D eigenvalue weighted by molar-refractivity contribution is 6.48. The second-order valence-electron chi connectivity index (χ2n) is 5.69. The van der Waals surface area contributed by atoms with Crippen molar-refractivity contribution in [2.45, 2.75) is 13.0 Å². The smallest absolute Gasteiger partial charge is 0.295 e. The third-order valence-electron chi connectivity index (χ3n) is 4.27. The van der Waals surface area contributed by atoms with E-state index in [-0.39, 0.29) is 5.78 Å². The van der Waals surface area contributed by atoms with Crippen LogP contribution in [0.1, 0.15) is 18.7 Å². The van der Waals surface area contributed by atoms with Gasteiger partial charge in [0.15, 0.2) is 0 Å². The standard InChI is InChI=1S/C16H13N5O3/c1-8(22)13-14(11-4-5-19-20-11)21(16(24)15(13)23)9-2-3-10-12(6-9)18-7-17-10/h2-7,13-14H,1H3,(H,17,18)(H,19,20). The van der Waals surface area contributed by atoms with E-state index in [9.17, 15) is 14.4 Å². The van der Waals surface area contributed by atoms with Crippen LogP contribution in [0.2, 0.25) is 0 Å². The second kappa shape index (κ2) is 5.12. The Morgan fingerprint density at radius 3 is 2.79 bits per heavy atom. The summed E-state index contributed by atoms with van der Waals surface area (Å²) < 4.78 is 0. The van der Waals surface area contributed by atoms with Crippen molar-refractivity contribution in [2.75, 3.05) is 4.90 Å². The number of imidazole rings is 1. The van der Waals surface area contributed by atoms with Crippen LogP contribution in [-0.4, -0.2) is 37.6 Å². The molecule has 2 aromatic heterocycles. The van der Waals surface area contributed by atoms with Crippen molar-refractivity contribution < 1.29 is 14.4 Å². The molecule has 0 aliphatic carbocycles. The average molecular weight is 323 g/mol. The van der Waals surface area contributed by atoms with E-state index in [0.717, 1.165) is 11.0 Å². The molecule has 24 heavy (non-hydrogen) atoms. The lowest BCUT2D eigenvalue weighted by Gasteiger charge is -2.25. The normalized spacial score (nSPS) is 21.0. The van der Waals surface area contributed by atoms with Gasteiger partial charge in [0.05, 0.1) is 29.1 Å². The summed E-state index contributed by atoms with van der Waals surface area (Å²) in [6, 6.07) is 6.13. The van der Waals surface area contributed by atoms with Crippen molar-refractivity contribution in [1.29, 1.82) is 0 Å². The Balaban J connectivity index is 1.88. The summed E-state index contributed by atoms with van der Waals surface area (Å²) in [5.74, 6) is -2.80. The number of hydrogen-bond donors (Lipinski definition) is 2. The highest BCUT2D eigenvalue weighted by Crippen LogP contribution is 2.39. The summed E-state index contributed by atoms with van der Waals surface area (Å²) in [4.78, 5) is 45.4. The Morgan fingerprint density at radius 2 is 2.08 bits per heavy atom. The highest BCUT2D eigenvalue weighted by atomic mass is 16.2. The number of hydrogen-bond acceptors (Lipinski definition) is 5. The number of carbonyl (C=O) groups excluding carboxylic acids is 3. The van der Waals surface area contributed by atoms with E-state index in [1.807, 2.05) is 0 Å². The van der Waals surface area contributed by atoms with Gasteiger partial charge in [-0.2, -0.15) is 5.10 Å². The number of nitrogens with one attached hydrogen (secondary N) is 2. The third-order valence-corrected chi connectivity index (χ3v) is 4.27. The topological polar surface area (TPSA) is 112 Å². The Kier molecular flexibility index (Phi) is 3.05. The zero-order chi connectivity index (χ0) is 16.8. The fraction of sp³-hybridized carbons (Fsp3) is 0.188. The number of amides is 1. The maximum absolute atomic E-state index is 12.6. The molecule has 1 amide bonds. The van der Waals surface area contributed by atoms with Gasteiger partial charge in [-0.05, 0) is 31.2 Å². The average Bonchev–Trinajstić information content (AvgIpc) is 3.27. The highest BCUT2D eigenvalue weighted by Gasteiger charge is 2.51. The van der Waals surface area contributed by atoms with Gasteiger partial charge in [0, 0.05) is 11.9 Å². The first kappa shape index (κ1) is 14.3. The summed E-state index contributed by atoms with van der Waals surface area (Å²) in [6.07, 6.45) is 3.08. The number of aromatic amines is 2. The van der Waals surface area contributed by atoms with Crippen LogP contribution in [0.25, 0.3) is 11.0 Å². The Morgan fingerprint density at radius 1 is 1.25 bits per heavy atom. The molecule has 3 heterocycles. The van der Waals surface area contributed by atoms with E-state index in [0.29, 0.717) is 11.4 Å². The molecule has 1 fully saturated rings. The summed E-state index contributed by atoms with van der Waals surface area (Å²) >= 11 is 0. The van der Waals surface area contributed by atoms with E-state index < -0.39 is 23.7 Å². The Bertz CT molecular complexity index is 959. The summed E-state index contributed by atoms with van der Waals surface area (Å²) in [5.41, 5.74) is 2.55. The van der Waals surface area contributed by atoms with Gasteiger partial charge in [0.2, 0.25) is 5.78 Å². The molecule has 1 aromatic carbocycles. The summed E-state index contributed by atoms with van der Waals surface area (Å²) in [5, 5.41) is 6.65. The molecule has 8 heteroatoms. The number of Topliss-reactive ketones (excluding diaryl/α,β-unsaturated/α-hetero) is 2. The number of H-pyrrole nitrogens is 2. The first-order valence-corrected chi connectivity index (χ1v) is 7.38. The molecule has 2 atom stereocenters. The predicted octanol–water partition coefficient (Wildman–Crippen LogP) is 1.15. The maximum Gasteiger partial charge on any atom is 0.295 e. The fourth-order valence-electron chi connectivity index (χ4n) is 3.18. The Hall–Kier alpha value is -3.29. The number of aromatic nitrogens is 4. The largest absolute Gasteiger partial charge is 0.345 e. The Labute approximate surface area is 135 Å². The fourth-order valence-corrected chi connectivity index (χ4v) is 3.18. The second-order valence-corrected chi connectivity index (χ2v) is 5.69. The van der Waals surface area contributed by atoms with Gasteiger partial charge in [-0.3, -0.25) is 24.4 Å². The number of ketones is 2. The van der Waals surface area contributed by atoms with E-state index >= 15 is 0 Å².